The van der Waals surface area contributed by atoms with Gasteiger partial charge in [0.2, 0.25) is 0 Å². The average Bonchev–Trinajstić information content (AvgIpc) is 2.82. The minimum absolute atomic E-state index is 0.604. The van der Waals surface area contributed by atoms with Crippen LogP contribution in [0.1, 0.15) is 25.7 Å². The zero-order valence-corrected chi connectivity index (χ0v) is 23.4. The van der Waals surface area contributed by atoms with Crippen LogP contribution >= 0.6 is 0 Å². The number of hydrogen-bond acceptors (Lipinski definition) is 12. The first-order valence-corrected chi connectivity index (χ1v) is 13.1. The maximum Gasteiger partial charge on any atom is 0.317 e. The lowest BCUT2D eigenvalue weighted by atomic mass is 10.0. The van der Waals surface area contributed by atoms with Crippen LogP contribution in [0.4, 0.5) is 0 Å². The lowest BCUT2D eigenvalue weighted by molar-refractivity contribution is -0.149. The SMILES string of the molecule is O=C(O)C[C@H]1CN(CC(=O)O)[C@@H](CC(=O)O)CN(CC(=O)O)[C@@H](CC(=O)O)CN(CC(=O)O)[C@@H](CC(=O)O)CN1CC(=O)O. The quantitative estimate of drug-likeness (QED) is 0.0832. The molecule has 1 saturated heterocycles. The zero-order valence-electron chi connectivity index (χ0n) is 23.4. The highest BCUT2D eigenvalue weighted by Crippen LogP contribution is 2.21. The average molecular weight is 637 g/mol. The second kappa shape index (κ2) is 17.7. The molecule has 4 atom stereocenters. The summed E-state index contributed by atoms with van der Waals surface area (Å²) in [4.78, 5) is 98.7. The van der Waals surface area contributed by atoms with Gasteiger partial charge in [-0.05, 0) is 0 Å². The van der Waals surface area contributed by atoms with Crippen molar-refractivity contribution in [3.63, 3.8) is 0 Å². The number of aliphatic carboxylic acids is 8. The van der Waals surface area contributed by atoms with Crippen LogP contribution in [0, 0.1) is 0 Å². The van der Waals surface area contributed by atoms with Crippen molar-refractivity contribution in [3.05, 3.63) is 0 Å². The molecule has 0 aromatic rings. The molecule has 44 heavy (non-hydrogen) atoms. The van der Waals surface area contributed by atoms with E-state index < -0.39 is 150 Å². The molecule has 20 heteroatoms. The highest BCUT2D eigenvalue weighted by molar-refractivity contribution is 5.73. The summed E-state index contributed by atoms with van der Waals surface area (Å²) in [7, 11) is 0. The predicted octanol–water partition coefficient (Wildman–Crippen LogP) is -3.08. The smallest absolute Gasteiger partial charge is 0.317 e. The normalized spacial score (nSPS) is 23.1. The topological polar surface area (TPSA) is 311 Å². The molecule has 0 saturated carbocycles. The minimum atomic E-state index is -1.50. The monoisotopic (exact) mass is 636 g/mol. The lowest BCUT2D eigenvalue weighted by Crippen LogP contribution is -2.60. The summed E-state index contributed by atoms with van der Waals surface area (Å²) in [5.41, 5.74) is 0. The Hall–Kier alpha value is -4.40. The van der Waals surface area contributed by atoms with Crippen LogP contribution < -0.4 is 0 Å². The fourth-order valence-electron chi connectivity index (χ4n) is 5.19. The molecule has 0 amide bonds. The second-order valence-electron chi connectivity index (χ2n) is 10.3. The van der Waals surface area contributed by atoms with Gasteiger partial charge in [-0.3, -0.25) is 58.0 Å². The molecule has 0 unspecified atom stereocenters. The first-order valence-electron chi connectivity index (χ1n) is 13.1. The third-order valence-corrected chi connectivity index (χ3v) is 6.84. The first-order chi connectivity index (χ1) is 20.4. The molecule has 1 heterocycles. The fraction of sp³-hybridized carbons (Fsp3) is 0.667. The molecule has 0 aliphatic carbocycles. The number of carbonyl (C=O) groups is 8. The van der Waals surface area contributed by atoms with E-state index in [1.165, 1.54) is 0 Å². The van der Waals surface area contributed by atoms with E-state index in [-0.39, 0.29) is 0 Å². The van der Waals surface area contributed by atoms with Crippen molar-refractivity contribution >= 4 is 47.8 Å². The van der Waals surface area contributed by atoms with Gasteiger partial charge in [0, 0.05) is 50.3 Å². The van der Waals surface area contributed by atoms with Crippen LogP contribution in [0.2, 0.25) is 0 Å². The predicted molar refractivity (Wildman–Crippen MR) is 141 cm³/mol. The standard InChI is InChI=1S/C24H36N4O16/c29-17(30)1-13-5-26(10-22(39)40)15(3-19(33)34)7-28(12-24(43)44)16(4-20(35)36)8-27(11-23(41)42)14(2-18(31)32)6-25(13)9-21(37)38/h13-16H,1-12H2,(H,29,30)(H,31,32)(H,33,34)(H,35,36)(H,37,38)(H,39,40)(H,41,42)(H,43,44)/t13-,14-,15-,16-/m0/s1. The minimum Gasteiger partial charge on any atom is -0.481 e. The van der Waals surface area contributed by atoms with Gasteiger partial charge in [0.1, 0.15) is 0 Å². The lowest BCUT2D eigenvalue weighted by Gasteiger charge is -2.44. The molecule has 0 spiro atoms. The van der Waals surface area contributed by atoms with E-state index in [2.05, 4.69) is 0 Å². The van der Waals surface area contributed by atoms with Gasteiger partial charge in [0.15, 0.2) is 0 Å². The second-order valence-corrected chi connectivity index (χ2v) is 10.3. The molecule has 1 aliphatic heterocycles. The number of carboxylic acid groups (broad SMARTS) is 8. The zero-order chi connectivity index (χ0) is 33.7. The Labute approximate surface area is 249 Å². The van der Waals surface area contributed by atoms with Crippen molar-refractivity contribution in [1.82, 2.24) is 19.6 Å². The van der Waals surface area contributed by atoms with Crippen molar-refractivity contribution in [3.8, 4) is 0 Å². The molecule has 1 fully saturated rings. The van der Waals surface area contributed by atoms with Crippen LogP contribution in [-0.2, 0) is 38.4 Å². The van der Waals surface area contributed by atoms with Crippen molar-refractivity contribution in [2.75, 3.05) is 52.4 Å². The number of carboxylic acids is 8. The van der Waals surface area contributed by atoms with Crippen LogP contribution in [0.15, 0.2) is 0 Å². The summed E-state index contributed by atoms with van der Waals surface area (Å²) in [6.45, 7) is -6.07. The van der Waals surface area contributed by atoms with Gasteiger partial charge in [-0.2, -0.15) is 0 Å². The van der Waals surface area contributed by atoms with E-state index in [0.29, 0.717) is 0 Å². The summed E-state index contributed by atoms with van der Waals surface area (Å²) >= 11 is 0. The van der Waals surface area contributed by atoms with Gasteiger partial charge in [-0.15, -0.1) is 0 Å². The van der Waals surface area contributed by atoms with Crippen molar-refractivity contribution in [1.29, 1.82) is 0 Å². The Balaban J connectivity index is 4.04. The van der Waals surface area contributed by atoms with Crippen molar-refractivity contribution in [2.24, 2.45) is 0 Å². The molecule has 8 N–H and O–H groups in total. The molecule has 1 aliphatic rings. The maximum absolute atomic E-state index is 11.8. The van der Waals surface area contributed by atoms with E-state index in [1.807, 2.05) is 0 Å². The highest BCUT2D eigenvalue weighted by atomic mass is 16.4. The third-order valence-electron chi connectivity index (χ3n) is 6.84. The summed E-state index contributed by atoms with van der Waals surface area (Å²) in [6.07, 6.45) is -3.32. The van der Waals surface area contributed by atoms with Gasteiger partial charge in [-0.1, -0.05) is 0 Å². The number of nitrogens with zero attached hydrogens (tertiary/aromatic N) is 4. The molecular formula is C24H36N4O16. The Kier molecular flexibility index (Phi) is 15.1. The molecule has 1 rings (SSSR count). The molecule has 20 nitrogen and oxygen atoms in total. The Morgan fingerprint density at radius 3 is 0.614 bits per heavy atom. The maximum atomic E-state index is 11.8. The molecule has 0 bridgehead atoms. The fourth-order valence-corrected chi connectivity index (χ4v) is 5.19. The van der Waals surface area contributed by atoms with Gasteiger partial charge in [0.05, 0.1) is 51.9 Å². The van der Waals surface area contributed by atoms with Gasteiger partial charge >= 0.3 is 47.8 Å². The van der Waals surface area contributed by atoms with Crippen LogP contribution in [0.5, 0.6) is 0 Å². The largest absolute Gasteiger partial charge is 0.481 e. The summed E-state index contributed by atoms with van der Waals surface area (Å²) in [6, 6.07) is -5.54. The summed E-state index contributed by atoms with van der Waals surface area (Å²) < 4.78 is 0. The van der Waals surface area contributed by atoms with Crippen LogP contribution in [0.3, 0.4) is 0 Å². The van der Waals surface area contributed by atoms with Gasteiger partial charge < -0.3 is 40.9 Å². The highest BCUT2D eigenvalue weighted by Gasteiger charge is 2.38. The van der Waals surface area contributed by atoms with E-state index in [0.717, 1.165) is 19.6 Å². The van der Waals surface area contributed by atoms with Crippen LogP contribution in [-0.4, -0.2) is 185 Å². The molecule has 0 aromatic carbocycles. The van der Waals surface area contributed by atoms with E-state index >= 15 is 0 Å². The first kappa shape index (κ1) is 37.6. The van der Waals surface area contributed by atoms with Crippen molar-refractivity contribution < 1.29 is 79.2 Å². The van der Waals surface area contributed by atoms with Crippen LogP contribution in [0.25, 0.3) is 0 Å². The Bertz CT molecular complexity index is 852. The molecule has 0 aromatic heterocycles. The molecule has 0 radical (unpaired) electrons. The number of rotatable bonds is 16. The summed E-state index contributed by atoms with van der Waals surface area (Å²) in [5, 5.41) is 76.9. The van der Waals surface area contributed by atoms with E-state index in [9.17, 15) is 79.2 Å². The molecule has 248 valence electrons. The van der Waals surface area contributed by atoms with Crippen molar-refractivity contribution in [2.45, 2.75) is 49.9 Å². The van der Waals surface area contributed by atoms with E-state index in [1.54, 1.807) is 0 Å². The Morgan fingerprint density at radius 2 is 0.500 bits per heavy atom. The summed E-state index contributed by atoms with van der Waals surface area (Å²) in [5.74, 6) is -11.9. The van der Waals surface area contributed by atoms with Gasteiger partial charge in [0.25, 0.3) is 0 Å². The van der Waals surface area contributed by atoms with E-state index in [4.69, 9.17) is 0 Å². The third kappa shape index (κ3) is 14.2. The number of hydrogen-bond donors (Lipinski definition) is 8. The van der Waals surface area contributed by atoms with Gasteiger partial charge in [-0.25, -0.2) is 0 Å². The Morgan fingerprint density at radius 1 is 0.341 bits per heavy atom. The molecular weight excluding hydrogens is 600 g/mol.